The zero-order valence-electron chi connectivity index (χ0n) is 19.1. The Morgan fingerprint density at radius 1 is 1.22 bits per heavy atom. The summed E-state index contributed by atoms with van der Waals surface area (Å²) in [7, 11) is 1.94. The fraction of sp³-hybridized carbons (Fsp3) is 0.500. The number of amides is 1. The van der Waals surface area contributed by atoms with Gasteiger partial charge in [0.15, 0.2) is 5.82 Å². The maximum atomic E-state index is 12.8. The van der Waals surface area contributed by atoms with E-state index in [0.29, 0.717) is 37.7 Å². The Morgan fingerprint density at radius 3 is 2.78 bits per heavy atom. The fourth-order valence-corrected chi connectivity index (χ4v) is 4.24. The Hall–Kier alpha value is -3.00. The van der Waals surface area contributed by atoms with Crippen LogP contribution in [0.4, 0.5) is 0 Å². The van der Waals surface area contributed by atoms with Gasteiger partial charge in [-0.05, 0) is 50.8 Å². The van der Waals surface area contributed by atoms with E-state index >= 15 is 0 Å². The van der Waals surface area contributed by atoms with Crippen molar-refractivity contribution in [2.75, 3.05) is 19.7 Å². The van der Waals surface area contributed by atoms with Gasteiger partial charge in [0.1, 0.15) is 0 Å². The van der Waals surface area contributed by atoms with Gasteiger partial charge in [0, 0.05) is 44.2 Å². The zero-order valence-corrected chi connectivity index (χ0v) is 19.1. The van der Waals surface area contributed by atoms with Crippen LogP contribution < -0.4 is 0 Å². The number of aromatic nitrogens is 4. The van der Waals surface area contributed by atoms with E-state index in [9.17, 15) is 4.79 Å². The number of rotatable bonds is 8. The number of likely N-dealkylation sites (tertiary alicyclic amines) is 1. The first kappa shape index (κ1) is 22.2. The van der Waals surface area contributed by atoms with Crippen LogP contribution in [0.2, 0.25) is 0 Å². The van der Waals surface area contributed by atoms with Crippen molar-refractivity contribution in [2.24, 2.45) is 7.05 Å². The number of ether oxygens (including phenoxy) is 1. The van der Waals surface area contributed by atoms with Crippen LogP contribution in [0.1, 0.15) is 42.0 Å². The Balaban J connectivity index is 1.23. The average Bonchev–Trinajstić information content (AvgIpc) is 3.37. The molecule has 3 heterocycles. The van der Waals surface area contributed by atoms with E-state index in [-0.39, 0.29) is 12.0 Å². The Kier molecular flexibility index (Phi) is 6.99. The summed E-state index contributed by atoms with van der Waals surface area (Å²) < 4.78 is 13.3. The van der Waals surface area contributed by atoms with Crippen LogP contribution in [0.25, 0.3) is 11.5 Å². The molecule has 1 atom stereocenters. The van der Waals surface area contributed by atoms with E-state index in [1.807, 2.05) is 53.9 Å². The Bertz CT molecular complexity index is 1040. The lowest BCUT2D eigenvalue weighted by atomic mass is 10.0. The smallest absolute Gasteiger partial charge is 0.257 e. The van der Waals surface area contributed by atoms with Gasteiger partial charge >= 0.3 is 0 Å². The molecular formula is C24H31N5O3. The lowest BCUT2D eigenvalue weighted by Gasteiger charge is -2.32. The maximum Gasteiger partial charge on any atom is 0.257 e. The predicted octanol–water partition coefficient (Wildman–Crippen LogP) is 3.27. The molecule has 4 rings (SSSR count). The predicted molar refractivity (Wildman–Crippen MR) is 120 cm³/mol. The molecule has 0 N–H and O–H groups in total. The van der Waals surface area contributed by atoms with Crippen molar-refractivity contribution in [1.29, 1.82) is 0 Å². The lowest BCUT2D eigenvalue weighted by molar-refractivity contribution is -0.135. The number of piperidine rings is 1. The molecule has 0 radical (unpaired) electrons. The molecule has 32 heavy (non-hydrogen) atoms. The van der Waals surface area contributed by atoms with Crippen LogP contribution in [0, 0.1) is 13.8 Å². The molecule has 0 bridgehead atoms. The first-order chi connectivity index (χ1) is 15.5. The highest BCUT2D eigenvalue weighted by molar-refractivity contribution is 5.76. The van der Waals surface area contributed by atoms with E-state index in [1.165, 1.54) is 5.56 Å². The summed E-state index contributed by atoms with van der Waals surface area (Å²) in [6.07, 6.45) is 3.79. The number of carbonyl (C=O) groups is 1. The molecule has 1 aliphatic heterocycles. The van der Waals surface area contributed by atoms with E-state index < -0.39 is 0 Å². The topological polar surface area (TPSA) is 86.3 Å². The fourth-order valence-electron chi connectivity index (χ4n) is 4.24. The molecule has 0 aliphatic carbocycles. The summed E-state index contributed by atoms with van der Waals surface area (Å²) in [6.45, 7) is 6.01. The number of hydrogen-bond donors (Lipinski definition) is 0. The SMILES string of the molecule is Cc1nn(C)c(C)c1CCC(=O)N1CCCC(OCCc2noc(-c3ccccc3)n2)C1. The van der Waals surface area contributed by atoms with Gasteiger partial charge in [-0.15, -0.1) is 0 Å². The molecule has 0 spiro atoms. The molecular weight excluding hydrogens is 406 g/mol. The molecule has 1 amide bonds. The van der Waals surface area contributed by atoms with Crippen molar-refractivity contribution < 1.29 is 14.1 Å². The third kappa shape index (κ3) is 5.24. The van der Waals surface area contributed by atoms with Crippen molar-refractivity contribution in [2.45, 2.75) is 52.1 Å². The van der Waals surface area contributed by atoms with Crippen LogP contribution in [0.5, 0.6) is 0 Å². The minimum atomic E-state index is 0.0510. The summed E-state index contributed by atoms with van der Waals surface area (Å²) in [5, 5.41) is 8.50. The van der Waals surface area contributed by atoms with Crippen LogP contribution >= 0.6 is 0 Å². The molecule has 0 saturated carbocycles. The van der Waals surface area contributed by atoms with Crippen LogP contribution in [0.15, 0.2) is 34.9 Å². The number of nitrogens with zero attached hydrogens (tertiary/aromatic N) is 5. The summed E-state index contributed by atoms with van der Waals surface area (Å²) in [6, 6.07) is 9.72. The Morgan fingerprint density at radius 2 is 2.03 bits per heavy atom. The minimum Gasteiger partial charge on any atom is -0.376 e. The van der Waals surface area contributed by atoms with Gasteiger partial charge in [-0.1, -0.05) is 23.4 Å². The molecule has 1 aromatic carbocycles. The van der Waals surface area contributed by atoms with Crippen LogP contribution in [-0.2, 0) is 29.4 Å². The van der Waals surface area contributed by atoms with E-state index in [0.717, 1.165) is 42.8 Å². The van der Waals surface area contributed by atoms with Gasteiger partial charge < -0.3 is 14.2 Å². The van der Waals surface area contributed by atoms with E-state index in [2.05, 4.69) is 22.2 Å². The Labute approximate surface area is 188 Å². The molecule has 170 valence electrons. The number of hydrogen-bond acceptors (Lipinski definition) is 6. The average molecular weight is 438 g/mol. The van der Waals surface area contributed by atoms with Crippen molar-refractivity contribution in [1.82, 2.24) is 24.8 Å². The highest BCUT2D eigenvalue weighted by Gasteiger charge is 2.24. The first-order valence-corrected chi connectivity index (χ1v) is 11.3. The molecule has 2 aromatic heterocycles. The second-order valence-electron chi connectivity index (χ2n) is 8.38. The second kappa shape index (κ2) is 10.1. The zero-order chi connectivity index (χ0) is 22.5. The molecule has 1 fully saturated rings. The van der Waals surface area contributed by atoms with E-state index in [4.69, 9.17) is 9.26 Å². The van der Waals surface area contributed by atoms with Gasteiger partial charge in [0.05, 0.1) is 18.4 Å². The van der Waals surface area contributed by atoms with Crippen molar-refractivity contribution in [3.05, 3.63) is 53.1 Å². The van der Waals surface area contributed by atoms with E-state index in [1.54, 1.807) is 0 Å². The number of benzene rings is 1. The third-order valence-corrected chi connectivity index (χ3v) is 6.15. The summed E-state index contributed by atoms with van der Waals surface area (Å²) in [5.74, 6) is 1.34. The molecule has 1 unspecified atom stereocenters. The van der Waals surface area contributed by atoms with Gasteiger partial charge in [-0.3, -0.25) is 9.48 Å². The monoisotopic (exact) mass is 437 g/mol. The molecule has 1 aliphatic rings. The third-order valence-electron chi connectivity index (χ3n) is 6.15. The molecule has 8 heteroatoms. The van der Waals surface area contributed by atoms with Gasteiger partial charge in [0.2, 0.25) is 5.91 Å². The van der Waals surface area contributed by atoms with Crippen molar-refractivity contribution in [3.63, 3.8) is 0 Å². The highest BCUT2D eigenvalue weighted by Crippen LogP contribution is 2.19. The van der Waals surface area contributed by atoms with Gasteiger partial charge in [-0.2, -0.15) is 10.1 Å². The quantitative estimate of drug-likeness (QED) is 0.538. The number of carbonyl (C=O) groups excluding carboxylic acids is 1. The molecule has 8 nitrogen and oxygen atoms in total. The van der Waals surface area contributed by atoms with Gasteiger partial charge in [0.25, 0.3) is 5.89 Å². The van der Waals surface area contributed by atoms with Crippen molar-refractivity contribution in [3.8, 4) is 11.5 Å². The normalized spacial score (nSPS) is 16.5. The maximum absolute atomic E-state index is 12.8. The van der Waals surface area contributed by atoms with Gasteiger partial charge in [-0.25, -0.2) is 0 Å². The van der Waals surface area contributed by atoms with Crippen LogP contribution in [0.3, 0.4) is 0 Å². The summed E-state index contributed by atoms with van der Waals surface area (Å²) in [5.41, 5.74) is 4.23. The highest BCUT2D eigenvalue weighted by atomic mass is 16.5. The second-order valence-corrected chi connectivity index (χ2v) is 8.38. The molecule has 1 saturated heterocycles. The summed E-state index contributed by atoms with van der Waals surface area (Å²) >= 11 is 0. The largest absolute Gasteiger partial charge is 0.376 e. The summed E-state index contributed by atoms with van der Waals surface area (Å²) in [4.78, 5) is 19.2. The minimum absolute atomic E-state index is 0.0510. The van der Waals surface area contributed by atoms with Crippen LogP contribution in [-0.4, -0.2) is 56.5 Å². The van der Waals surface area contributed by atoms with Crippen molar-refractivity contribution >= 4 is 5.91 Å². The first-order valence-electron chi connectivity index (χ1n) is 11.3. The lowest BCUT2D eigenvalue weighted by Crippen LogP contribution is -2.43. The standard InChI is InChI=1S/C24H31N5O3/c1-17-21(18(2)28(3)26-17)11-12-23(30)29-14-7-10-20(16-29)31-15-13-22-25-24(32-27-22)19-8-5-4-6-9-19/h4-6,8-9,20H,7,10-16H2,1-3H3. The molecule has 3 aromatic rings. The number of aryl methyl sites for hydroxylation is 2.